The summed E-state index contributed by atoms with van der Waals surface area (Å²) in [5, 5.41) is 2.82. The number of carbonyl (C=O) groups excluding carboxylic acids is 1. The third kappa shape index (κ3) is 4.65. The lowest BCUT2D eigenvalue weighted by atomic mass is 9.93. The first-order chi connectivity index (χ1) is 7.06. The van der Waals surface area contributed by atoms with Crippen LogP contribution in [0.2, 0.25) is 0 Å². The maximum Gasteiger partial charge on any atom is 0.227 e. The van der Waals surface area contributed by atoms with E-state index < -0.39 is 5.41 Å². The van der Waals surface area contributed by atoms with Gasteiger partial charge in [-0.2, -0.15) is 0 Å². The van der Waals surface area contributed by atoms with Crippen LogP contribution in [0.25, 0.3) is 0 Å². The van der Waals surface area contributed by atoms with Crippen molar-refractivity contribution in [2.75, 3.05) is 32.9 Å². The SMILES string of the molecule is CC(C)(CN)C(=O)NCC1COCCO1.Cl. The van der Waals surface area contributed by atoms with Gasteiger partial charge >= 0.3 is 0 Å². The van der Waals surface area contributed by atoms with Crippen molar-refractivity contribution in [2.45, 2.75) is 20.0 Å². The van der Waals surface area contributed by atoms with Crippen molar-refractivity contribution in [3.05, 3.63) is 0 Å². The fraction of sp³-hybridized carbons (Fsp3) is 0.900. The molecular formula is C10H21ClN2O3. The maximum absolute atomic E-state index is 11.7. The molecule has 1 heterocycles. The van der Waals surface area contributed by atoms with Crippen molar-refractivity contribution >= 4 is 18.3 Å². The van der Waals surface area contributed by atoms with Gasteiger partial charge in [0.05, 0.1) is 31.3 Å². The predicted octanol–water partition coefficient (Wildman–Crippen LogP) is -0.0753. The Labute approximate surface area is 102 Å². The number of rotatable bonds is 4. The molecule has 1 atom stereocenters. The summed E-state index contributed by atoms with van der Waals surface area (Å²) in [7, 11) is 0. The zero-order valence-corrected chi connectivity index (χ0v) is 10.6. The van der Waals surface area contributed by atoms with Crippen LogP contribution in [-0.2, 0) is 14.3 Å². The first kappa shape index (κ1) is 15.6. The van der Waals surface area contributed by atoms with Crippen LogP contribution in [0.3, 0.4) is 0 Å². The summed E-state index contributed by atoms with van der Waals surface area (Å²) >= 11 is 0. The third-order valence-corrected chi connectivity index (χ3v) is 2.50. The van der Waals surface area contributed by atoms with Crippen molar-refractivity contribution in [3.63, 3.8) is 0 Å². The molecule has 6 heteroatoms. The maximum atomic E-state index is 11.7. The minimum Gasteiger partial charge on any atom is -0.376 e. The molecule has 0 aromatic rings. The summed E-state index contributed by atoms with van der Waals surface area (Å²) in [6.45, 7) is 6.24. The molecule has 1 rings (SSSR count). The molecule has 0 aliphatic carbocycles. The second-order valence-corrected chi connectivity index (χ2v) is 4.37. The number of carbonyl (C=O) groups is 1. The quantitative estimate of drug-likeness (QED) is 0.734. The minimum atomic E-state index is -0.518. The molecule has 1 fully saturated rings. The van der Waals surface area contributed by atoms with Crippen LogP contribution in [0, 0.1) is 5.41 Å². The molecule has 1 unspecified atom stereocenters. The molecule has 0 aromatic carbocycles. The van der Waals surface area contributed by atoms with Crippen molar-refractivity contribution in [1.29, 1.82) is 0 Å². The molecule has 0 radical (unpaired) electrons. The summed E-state index contributed by atoms with van der Waals surface area (Å²) < 4.78 is 10.6. The average molecular weight is 253 g/mol. The lowest BCUT2D eigenvalue weighted by Crippen LogP contribution is -2.46. The smallest absolute Gasteiger partial charge is 0.227 e. The molecule has 0 spiro atoms. The first-order valence-electron chi connectivity index (χ1n) is 5.24. The number of ether oxygens (including phenoxy) is 2. The molecule has 0 aromatic heterocycles. The highest BCUT2D eigenvalue weighted by molar-refractivity contribution is 5.85. The van der Waals surface area contributed by atoms with Gasteiger partial charge in [0.25, 0.3) is 0 Å². The molecule has 5 nitrogen and oxygen atoms in total. The number of hydrogen-bond acceptors (Lipinski definition) is 4. The highest BCUT2D eigenvalue weighted by Crippen LogP contribution is 2.12. The number of nitrogens with one attached hydrogen (secondary N) is 1. The molecule has 1 amide bonds. The summed E-state index contributed by atoms with van der Waals surface area (Å²) in [4.78, 5) is 11.7. The number of hydrogen-bond donors (Lipinski definition) is 2. The van der Waals surface area contributed by atoms with E-state index in [1.54, 1.807) is 0 Å². The molecule has 96 valence electrons. The zero-order valence-electron chi connectivity index (χ0n) is 9.82. The number of nitrogens with two attached hydrogens (primary N) is 1. The topological polar surface area (TPSA) is 73.6 Å². The summed E-state index contributed by atoms with van der Waals surface area (Å²) in [6, 6.07) is 0. The van der Waals surface area contributed by atoms with E-state index in [-0.39, 0.29) is 24.4 Å². The summed E-state index contributed by atoms with van der Waals surface area (Å²) in [6.07, 6.45) is -0.0312. The van der Waals surface area contributed by atoms with Gasteiger partial charge in [-0.3, -0.25) is 4.79 Å². The Balaban J connectivity index is 0.00000225. The Bertz CT molecular complexity index is 218. The fourth-order valence-electron chi connectivity index (χ4n) is 1.19. The van der Waals surface area contributed by atoms with Crippen LogP contribution < -0.4 is 11.1 Å². The second kappa shape index (κ2) is 7.06. The van der Waals surface area contributed by atoms with Gasteiger partial charge < -0.3 is 20.5 Å². The zero-order chi connectivity index (χ0) is 11.3. The van der Waals surface area contributed by atoms with Gasteiger partial charge in [0, 0.05) is 13.1 Å². The van der Waals surface area contributed by atoms with E-state index in [1.165, 1.54) is 0 Å². The summed E-state index contributed by atoms with van der Waals surface area (Å²) in [5.74, 6) is -0.0424. The predicted molar refractivity (Wildman–Crippen MR) is 63.7 cm³/mol. The van der Waals surface area contributed by atoms with Crippen molar-refractivity contribution < 1.29 is 14.3 Å². The van der Waals surface area contributed by atoms with Gasteiger partial charge in [-0.25, -0.2) is 0 Å². The molecular weight excluding hydrogens is 232 g/mol. The molecule has 16 heavy (non-hydrogen) atoms. The van der Waals surface area contributed by atoms with Crippen LogP contribution in [-0.4, -0.2) is 44.9 Å². The molecule has 1 aliphatic rings. The first-order valence-corrected chi connectivity index (χ1v) is 5.24. The van der Waals surface area contributed by atoms with E-state index >= 15 is 0 Å². The molecule has 1 aliphatic heterocycles. The van der Waals surface area contributed by atoms with E-state index in [2.05, 4.69) is 5.32 Å². The Kier molecular flexibility index (Phi) is 6.90. The van der Waals surface area contributed by atoms with Crippen molar-refractivity contribution in [1.82, 2.24) is 5.32 Å². The molecule has 1 saturated heterocycles. The Morgan fingerprint density at radius 2 is 2.19 bits per heavy atom. The van der Waals surface area contributed by atoms with Gasteiger partial charge in [0.15, 0.2) is 0 Å². The lowest BCUT2D eigenvalue weighted by molar-refractivity contribution is -0.131. The standard InChI is InChI=1S/C10H20N2O3.ClH/c1-10(2,7-11)9(13)12-5-8-6-14-3-4-15-8;/h8H,3-7,11H2,1-2H3,(H,12,13);1H. The molecule has 0 saturated carbocycles. The van der Waals surface area contributed by atoms with Crippen LogP contribution in [0.4, 0.5) is 0 Å². The number of halogens is 1. The normalized spacial score (nSPS) is 21.1. The van der Waals surface area contributed by atoms with Gasteiger partial charge in [-0.1, -0.05) is 0 Å². The van der Waals surface area contributed by atoms with E-state index in [4.69, 9.17) is 15.2 Å². The minimum absolute atomic E-state index is 0. The van der Waals surface area contributed by atoms with Crippen LogP contribution in [0.5, 0.6) is 0 Å². The highest BCUT2D eigenvalue weighted by atomic mass is 35.5. The van der Waals surface area contributed by atoms with E-state index in [0.29, 0.717) is 32.9 Å². The van der Waals surface area contributed by atoms with E-state index in [0.717, 1.165) is 0 Å². The van der Waals surface area contributed by atoms with Crippen LogP contribution in [0.15, 0.2) is 0 Å². The van der Waals surface area contributed by atoms with Gasteiger partial charge in [-0.15, -0.1) is 12.4 Å². The van der Waals surface area contributed by atoms with Gasteiger partial charge in [0.1, 0.15) is 0 Å². The number of amides is 1. The average Bonchev–Trinajstić information content (AvgIpc) is 2.27. The van der Waals surface area contributed by atoms with Crippen molar-refractivity contribution in [3.8, 4) is 0 Å². The Morgan fingerprint density at radius 1 is 1.50 bits per heavy atom. The van der Waals surface area contributed by atoms with Crippen LogP contribution >= 0.6 is 12.4 Å². The monoisotopic (exact) mass is 252 g/mol. The second-order valence-electron chi connectivity index (χ2n) is 4.37. The lowest BCUT2D eigenvalue weighted by Gasteiger charge is -2.26. The van der Waals surface area contributed by atoms with Crippen LogP contribution in [0.1, 0.15) is 13.8 Å². The van der Waals surface area contributed by atoms with Gasteiger partial charge in [-0.05, 0) is 13.8 Å². The Morgan fingerprint density at radius 3 is 2.69 bits per heavy atom. The Hall–Kier alpha value is -0.360. The van der Waals surface area contributed by atoms with Crippen molar-refractivity contribution in [2.24, 2.45) is 11.1 Å². The van der Waals surface area contributed by atoms with E-state index in [9.17, 15) is 4.79 Å². The van der Waals surface area contributed by atoms with E-state index in [1.807, 2.05) is 13.8 Å². The molecule has 3 N–H and O–H groups in total. The molecule has 0 bridgehead atoms. The third-order valence-electron chi connectivity index (χ3n) is 2.50. The van der Waals surface area contributed by atoms with Gasteiger partial charge in [0.2, 0.25) is 5.91 Å². The highest BCUT2D eigenvalue weighted by Gasteiger charge is 2.26. The fourth-order valence-corrected chi connectivity index (χ4v) is 1.19. The summed E-state index contributed by atoms with van der Waals surface area (Å²) in [5.41, 5.74) is 4.98. The largest absolute Gasteiger partial charge is 0.376 e.